The molecule has 0 saturated carbocycles. The van der Waals surface area contributed by atoms with Gasteiger partial charge in [0.1, 0.15) is 0 Å². The number of rotatable bonds is 3. The smallest absolute Gasteiger partial charge is 0.241 e. The first-order chi connectivity index (χ1) is 8.27. The Morgan fingerprint density at radius 1 is 1.41 bits per heavy atom. The van der Waals surface area contributed by atoms with Crippen LogP contribution in [0.5, 0.6) is 0 Å². The van der Waals surface area contributed by atoms with Crippen molar-refractivity contribution in [1.82, 2.24) is 10.2 Å². The van der Waals surface area contributed by atoms with Gasteiger partial charge in [0.05, 0.1) is 6.04 Å². The molecule has 1 aliphatic heterocycles. The SMILES string of the molecule is CC(C(=O)Nc1cc[c]cc1)N1CCNCC1. The van der Waals surface area contributed by atoms with Crippen LogP contribution in [0, 0.1) is 6.07 Å². The zero-order chi connectivity index (χ0) is 12.1. The van der Waals surface area contributed by atoms with Crippen LogP contribution in [0.25, 0.3) is 0 Å². The molecule has 1 aliphatic rings. The summed E-state index contributed by atoms with van der Waals surface area (Å²) < 4.78 is 0. The number of nitrogens with one attached hydrogen (secondary N) is 2. The van der Waals surface area contributed by atoms with Crippen LogP contribution in [0.1, 0.15) is 6.92 Å². The van der Waals surface area contributed by atoms with Gasteiger partial charge in [-0.05, 0) is 25.1 Å². The van der Waals surface area contributed by atoms with Crippen molar-refractivity contribution >= 4 is 11.6 Å². The first-order valence-electron chi connectivity index (χ1n) is 5.99. The molecule has 4 nitrogen and oxygen atoms in total. The van der Waals surface area contributed by atoms with E-state index in [0.717, 1.165) is 31.9 Å². The number of benzene rings is 1. The normalized spacial score (nSPS) is 18.6. The lowest BCUT2D eigenvalue weighted by Crippen LogP contribution is -2.51. The molecule has 0 aliphatic carbocycles. The summed E-state index contributed by atoms with van der Waals surface area (Å²) >= 11 is 0. The quantitative estimate of drug-likeness (QED) is 0.807. The maximum atomic E-state index is 12.0. The summed E-state index contributed by atoms with van der Waals surface area (Å²) in [4.78, 5) is 14.2. The fourth-order valence-electron chi connectivity index (χ4n) is 1.95. The molecule has 1 heterocycles. The van der Waals surface area contributed by atoms with E-state index in [-0.39, 0.29) is 11.9 Å². The van der Waals surface area contributed by atoms with Gasteiger partial charge in [0.2, 0.25) is 5.91 Å². The molecule has 91 valence electrons. The van der Waals surface area contributed by atoms with Crippen LogP contribution in [-0.4, -0.2) is 43.0 Å². The first kappa shape index (κ1) is 12.1. The van der Waals surface area contributed by atoms with Crippen LogP contribution >= 0.6 is 0 Å². The Kier molecular flexibility index (Phi) is 4.12. The number of anilines is 1. The van der Waals surface area contributed by atoms with E-state index >= 15 is 0 Å². The Hall–Kier alpha value is -1.39. The highest BCUT2D eigenvalue weighted by Crippen LogP contribution is 2.08. The number of piperazine rings is 1. The average Bonchev–Trinajstić information content (AvgIpc) is 2.40. The number of nitrogens with zero attached hydrogens (tertiary/aromatic N) is 1. The monoisotopic (exact) mass is 232 g/mol. The van der Waals surface area contributed by atoms with Crippen molar-refractivity contribution in [1.29, 1.82) is 0 Å². The molecule has 1 unspecified atom stereocenters. The molecule has 4 heteroatoms. The molecule has 17 heavy (non-hydrogen) atoms. The second-order valence-electron chi connectivity index (χ2n) is 4.24. The molecule has 0 aromatic heterocycles. The van der Waals surface area contributed by atoms with Crippen molar-refractivity contribution in [3.8, 4) is 0 Å². The summed E-state index contributed by atoms with van der Waals surface area (Å²) in [7, 11) is 0. The summed E-state index contributed by atoms with van der Waals surface area (Å²) in [5.74, 6) is 0.0538. The molecular weight excluding hydrogens is 214 g/mol. The van der Waals surface area contributed by atoms with Gasteiger partial charge in [-0.15, -0.1) is 0 Å². The predicted molar refractivity (Wildman–Crippen MR) is 67.8 cm³/mol. The minimum atomic E-state index is -0.0821. The van der Waals surface area contributed by atoms with Crippen molar-refractivity contribution in [2.75, 3.05) is 31.5 Å². The fourth-order valence-corrected chi connectivity index (χ4v) is 1.95. The lowest BCUT2D eigenvalue weighted by atomic mass is 10.2. The summed E-state index contributed by atoms with van der Waals surface area (Å²) in [6.45, 7) is 5.72. The number of hydrogen-bond acceptors (Lipinski definition) is 3. The van der Waals surface area contributed by atoms with Gasteiger partial charge < -0.3 is 10.6 Å². The molecule has 1 atom stereocenters. The number of carbonyl (C=O) groups is 1. The topological polar surface area (TPSA) is 44.4 Å². The Bertz CT molecular complexity index is 360. The third-order valence-corrected chi connectivity index (χ3v) is 3.06. The highest BCUT2D eigenvalue weighted by molar-refractivity contribution is 5.94. The molecule has 2 N–H and O–H groups in total. The number of hydrogen-bond donors (Lipinski definition) is 2. The second kappa shape index (κ2) is 5.80. The van der Waals surface area contributed by atoms with Crippen molar-refractivity contribution in [2.24, 2.45) is 0 Å². The Morgan fingerprint density at radius 3 is 2.71 bits per heavy atom. The molecular formula is C13H18N3O. The second-order valence-corrected chi connectivity index (χ2v) is 4.24. The number of amides is 1. The highest BCUT2D eigenvalue weighted by atomic mass is 16.2. The Morgan fingerprint density at radius 2 is 2.06 bits per heavy atom. The lowest BCUT2D eigenvalue weighted by molar-refractivity contribution is -0.120. The van der Waals surface area contributed by atoms with E-state index in [9.17, 15) is 4.79 Å². The van der Waals surface area contributed by atoms with Gasteiger partial charge in [-0.2, -0.15) is 0 Å². The third-order valence-electron chi connectivity index (χ3n) is 3.06. The summed E-state index contributed by atoms with van der Waals surface area (Å²) in [5.41, 5.74) is 0.829. The molecule has 1 amide bonds. The lowest BCUT2D eigenvalue weighted by Gasteiger charge is -2.31. The molecule has 0 spiro atoms. The molecule has 0 bridgehead atoms. The molecule has 1 saturated heterocycles. The Labute approximate surface area is 102 Å². The van der Waals surface area contributed by atoms with Crippen LogP contribution in [0.4, 0.5) is 5.69 Å². The fraction of sp³-hybridized carbons (Fsp3) is 0.462. The van der Waals surface area contributed by atoms with Crippen LogP contribution in [0.15, 0.2) is 24.3 Å². The number of carbonyl (C=O) groups excluding carboxylic acids is 1. The highest BCUT2D eigenvalue weighted by Gasteiger charge is 2.22. The van der Waals surface area contributed by atoms with Crippen molar-refractivity contribution in [2.45, 2.75) is 13.0 Å². The van der Waals surface area contributed by atoms with Gasteiger partial charge in [-0.3, -0.25) is 9.69 Å². The predicted octanol–water partition coefficient (Wildman–Crippen LogP) is 0.719. The largest absolute Gasteiger partial charge is 0.325 e. The van der Waals surface area contributed by atoms with Gasteiger partial charge in [0, 0.05) is 31.9 Å². The molecule has 1 aromatic carbocycles. The van der Waals surface area contributed by atoms with Gasteiger partial charge in [-0.25, -0.2) is 0 Å². The Balaban J connectivity index is 1.90. The molecule has 2 rings (SSSR count). The molecule has 1 aromatic rings. The molecule has 1 fully saturated rings. The summed E-state index contributed by atoms with van der Waals surface area (Å²) in [6, 6.07) is 10.1. The summed E-state index contributed by atoms with van der Waals surface area (Å²) in [5, 5.41) is 6.20. The van der Waals surface area contributed by atoms with E-state index in [4.69, 9.17) is 0 Å². The zero-order valence-electron chi connectivity index (χ0n) is 10.1. The van der Waals surface area contributed by atoms with E-state index in [2.05, 4.69) is 21.6 Å². The minimum Gasteiger partial charge on any atom is -0.325 e. The van der Waals surface area contributed by atoms with Crippen LogP contribution in [0.3, 0.4) is 0 Å². The van der Waals surface area contributed by atoms with Crippen molar-refractivity contribution < 1.29 is 4.79 Å². The molecule has 1 radical (unpaired) electrons. The van der Waals surface area contributed by atoms with Crippen LogP contribution < -0.4 is 10.6 Å². The third kappa shape index (κ3) is 3.28. The minimum absolute atomic E-state index is 0.0538. The average molecular weight is 232 g/mol. The van der Waals surface area contributed by atoms with Gasteiger partial charge in [0.15, 0.2) is 0 Å². The van der Waals surface area contributed by atoms with E-state index < -0.39 is 0 Å². The maximum Gasteiger partial charge on any atom is 0.241 e. The van der Waals surface area contributed by atoms with Crippen molar-refractivity contribution in [3.05, 3.63) is 30.3 Å². The van der Waals surface area contributed by atoms with Crippen LogP contribution in [-0.2, 0) is 4.79 Å². The van der Waals surface area contributed by atoms with Crippen LogP contribution in [0.2, 0.25) is 0 Å². The van der Waals surface area contributed by atoms with E-state index in [0.29, 0.717) is 0 Å². The summed E-state index contributed by atoms with van der Waals surface area (Å²) in [6.07, 6.45) is 0. The van der Waals surface area contributed by atoms with E-state index in [1.807, 2.05) is 19.1 Å². The maximum absolute atomic E-state index is 12.0. The van der Waals surface area contributed by atoms with Crippen molar-refractivity contribution in [3.63, 3.8) is 0 Å². The first-order valence-corrected chi connectivity index (χ1v) is 5.99. The van der Waals surface area contributed by atoms with E-state index in [1.54, 1.807) is 12.1 Å². The van der Waals surface area contributed by atoms with Gasteiger partial charge >= 0.3 is 0 Å². The van der Waals surface area contributed by atoms with E-state index in [1.165, 1.54) is 0 Å². The van der Waals surface area contributed by atoms with Gasteiger partial charge in [-0.1, -0.05) is 12.1 Å². The zero-order valence-corrected chi connectivity index (χ0v) is 10.1. The standard InChI is InChI=1S/C13H18N3O/c1-11(16-9-7-14-8-10-16)13(17)15-12-5-3-2-4-6-12/h3-6,11,14H,7-10H2,1H3,(H,15,17). The van der Waals surface area contributed by atoms with Gasteiger partial charge in [0.25, 0.3) is 0 Å².